The molecule has 7 nitrogen and oxygen atoms in total. The molecule has 1 aromatic rings. The lowest BCUT2D eigenvalue weighted by Gasteiger charge is -2.34. The molecule has 2 heterocycles. The summed E-state index contributed by atoms with van der Waals surface area (Å²) in [5.74, 6) is 0.0371. The van der Waals surface area contributed by atoms with Crippen LogP contribution in [0, 0.1) is 6.92 Å². The van der Waals surface area contributed by atoms with Crippen molar-refractivity contribution in [3.05, 3.63) is 17.5 Å². The molecule has 2 rings (SSSR count). The van der Waals surface area contributed by atoms with Gasteiger partial charge in [-0.05, 0) is 13.3 Å². The van der Waals surface area contributed by atoms with Gasteiger partial charge in [0.05, 0.1) is 12.2 Å². The summed E-state index contributed by atoms with van der Waals surface area (Å²) in [6, 6.07) is 1.92. The third kappa shape index (κ3) is 4.86. The van der Waals surface area contributed by atoms with Crippen molar-refractivity contribution < 1.29 is 19.2 Å². The third-order valence-corrected chi connectivity index (χ3v) is 3.56. The number of aliphatic carboxylic acids is 1. The first kappa shape index (κ1) is 15.5. The van der Waals surface area contributed by atoms with Gasteiger partial charge in [0.25, 0.3) is 0 Å². The molecule has 0 bridgehead atoms. The van der Waals surface area contributed by atoms with E-state index in [-0.39, 0.29) is 12.3 Å². The topological polar surface area (TPSA) is 86.9 Å². The van der Waals surface area contributed by atoms with E-state index in [1.807, 2.05) is 17.9 Å². The lowest BCUT2D eigenvalue weighted by molar-refractivity contribution is -0.137. The Labute approximate surface area is 123 Å². The largest absolute Gasteiger partial charge is 0.481 e. The normalized spacial score (nSPS) is 16.1. The summed E-state index contributed by atoms with van der Waals surface area (Å²) in [7, 11) is 0. The van der Waals surface area contributed by atoms with Gasteiger partial charge in [0.2, 0.25) is 5.91 Å². The van der Waals surface area contributed by atoms with Crippen LogP contribution in [0.15, 0.2) is 10.6 Å². The molecule has 0 saturated carbocycles. The maximum absolute atomic E-state index is 11.9. The number of carbonyl (C=O) groups is 2. The predicted octanol–water partition coefficient (Wildman–Crippen LogP) is 0.882. The van der Waals surface area contributed by atoms with Gasteiger partial charge >= 0.3 is 5.97 Å². The Morgan fingerprint density at radius 3 is 2.57 bits per heavy atom. The third-order valence-electron chi connectivity index (χ3n) is 3.56. The quantitative estimate of drug-likeness (QED) is 0.838. The van der Waals surface area contributed by atoms with Crippen molar-refractivity contribution in [2.45, 2.75) is 32.7 Å². The molecule has 1 aliphatic rings. The molecule has 7 heteroatoms. The second-order valence-electron chi connectivity index (χ2n) is 5.34. The Morgan fingerprint density at radius 2 is 2.00 bits per heavy atom. The Bertz CT molecular complexity index is 492. The molecule has 0 radical (unpaired) electrons. The molecule has 1 N–H and O–H groups in total. The zero-order chi connectivity index (χ0) is 15.2. The van der Waals surface area contributed by atoms with E-state index < -0.39 is 5.97 Å². The fourth-order valence-corrected chi connectivity index (χ4v) is 2.42. The van der Waals surface area contributed by atoms with E-state index in [0.717, 1.165) is 24.5 Å². The Kier molecular flexibility index (Phi) is 5.32. The van der Waals surface area contributed by atoms with Gasteiger partial charge in [-0.15, -0.1) is 0 Å². The average molecular weight is 295 g/mol. The molecule has 0 spiro atoms. The van der Waals surface area contributed by atoms with E-state index >= 15 is 0 Å². The van der Waals surface area contributed by atoms with Crippen molar-refractivity contribution >= 4 is 11.9 Å². The highest BCUT2D eigenvalue weighted by Crippen LogP contribution is 2.11. The molecule has 116 valence electrons. The summed E-state index contributed by atoms with van der Waals surface area (Å²) in [5, 5.41) is 12.4. The van der Waals surface area contributed by atoms with Gasteiger partial charge in [0.15, 0.2) is 5.76 Å². The number of piperazine rings is 1. The molecule has 21 heavy (non-hydrogen) atoms. The first-order valence-corrected chi connectivity index (χ1v) is 7.18. The second kappa shape index (κ2) is 7.21. The average Bonchev–Trinajstić information content (AvgIpc) is 2.84. The zero-order valence-electron chi connectivity index (χ0n) is 12.2. The standard InChI is InChI=1S/C14H21N3O4/c1-11-9-12(21-15-11)10-16-5-7-17(8-6-16)13(18)3-2-4-14(19)20/h9H,2-8,10H2,1H3,(H,19,20). The molecular weight excluding hydrogens is 274 g/mol. The van der Waals surface area contributed by atoms with E-state index in [9.17, 15) is 9.59 Å². The van der Waals surface area contributed by atoms with Gasteiger partial charge in [0, 0.05) is 45.1 Å². The second-order valence-corrected chi connectivity index (χ2v) is 5.34. The Balaban J connectivity index is 1.70. The van der Waals surface area contributed by atoms with Gasteiger partial charge in [-0.3, -0.25) is 14.5 Å². The lowest BCUT2D eigenvalue weighted by Crippen LogP contribution is -2.48. The first-order valence-electron chi connectivity index (χ1n) is 7.18. The van der Waals surface area contributed by atoms with Crippen LogP contribution in [-0.4, -0.2) is 58.1 Å². The van der Waals surface area contributed by atoms with Crippen molar-refractivity contribution in [2.75, 3.05) is 26.2 Å². The van der Waals surface area contributed by atoms with Crippen LogP contribution in [-0.2, 0) is 16.1 Å². The summed E-state index contributed by atoms with van der Waals surface area (Å²) >= 11 is 0. The zero-order valence-corrected chi connectivity index (χ0v) is 12.2. The molecule has 0 aliphatic carbocycles. The number of amides is 1. The lowest BCUT2D eigenvalue weighted by atomic mass is 10.2. The smallest absolute Gasteiger partial charge is 0.303 e. The molecule has 0 unspecified atom stereocenters. The van der Waals surface area contributed by atoms with Gasteiger partial charge in [-0.2, -0.15) is 0 Å². The van der Waals surface area contributed by atoms with Crippen LogP contribution in [0.1, 0.15) is 30.7 Å². The Hall–Kier alpha value is -1.89. The van der Waals surface area contributed by atoms with Crippen LogP contribution in [0.25, 0.3) is 0 Å². The SMILES string of the molecule is Cc1cc(CN2CCN(C(=O)CCCC(=O)O)CC2)on1. The first-order chi connectivity index (χ1) is 10.0. The van der Waals surface area contributed by atoms with Crippen LogP contribution < -0.4 is 0 Å². The number of rotatable bonds is 6. The van der Waals surface area contributed by atoms with Crippen molar-refractivity contribution in [3.8, 4) is 0 Å². The maximum Gasteiger partial charge on any atom is 0.303 e. The minimum absolute atomic E-state index is 0.0476. The summed E-state index contributed by atoms with van der Waals surface area (Å²) in [6.45, 7) is 5.55. The molecule has 1 saturated heterocycles. The molecule has 1 amide bonds. The van der Waals surface area contributed by atoms with Crippen LogP contribution in [0.4, 0.5) is 0 Å². The van der Waals surface area contributed by atoms with E-state index in [1.54, 1.807) is 0 Å². The summed E-state index contributed by atoms with van der Waals surface area (Å²) < 4.78 is 5.19. The highest BCUT2D eigenvalue weighted by molar-refractivity contribution is 5.77. The van der Waals surface area contributed by atoms with Crippen LogP contribution in [0.2, 0.25) is 0 Å². The molecule has 1 fully saturated rings. The van der Waals surface area contributed by atoms with Crippen molar-refractivity contribution in [3.63, 3.8) is 0 Å². The van der Waals surface area contributed by atoms with E-state index in [1.165, 1.54) is 0 Å². The minimum atomic E-state index is -0.852. The minimum Gasteiger partial charge on any atom is -0.481 e. The number of carboxylic acid groups (broad SMARTS) is 1. The maximum atomic E-state index is 11.9. The fourth-order valence-electron chi connectivity index (χ4n) is 2.42. The monoisotopic (exact) mass is 295 g/mol. The number of carboxylic acids is 1. The van der Waals surface area contributed by atoms with Gasteiger partial charge in [-0.25, -0.2) is 0 Å². The van der Waals surface area contributed by atoms with Crippen molar-refractivity contribution in [1.82, 2.24) is 15.0 Å². The highest BCUT2D eigenvalue weighted by atomic mass is 16.5. The number of aryl methyl sites for hydroxylation is 1. The number of hydrogen-bond acceptors (Lipinski definition) is 5. The van der Waals surface area contributed by atoms with Crippen LogP contribution in [0.5, 0.6) is 0 Å². The van der Waals surface area contributed by atoms with Crippen molar-refractivity contribution in [2.24, 2.45) is 0 Å². The number of carbonyl (C=O) groups excluding carboxylic acids is 1. The number of hydrogen-bond donors (Lipinski definition) is 1. The molecule has 1 aliphatic heterocycles. The van der Waals surface area contributed by atoms with Crippen LogP contribution in [0.3, 0.4) is 0 Å². The molecule has 0 atom stereocenters. The molecule has 1 aromatic heterocycles. The van der Waals surface area contributed by atoms with E-state index in [4.69, 9.17) is 9.63 Å². The summed E-state index contributed by atoms with van der Waals surface area (Å²) in [6.07, 6.45) is 0.774. The van der Waals surface area contributed by atoms with Gasteiger partial charge in [-0.1, -0.05) is 5.16 Å². The van der Waals surface area contributed by atoms with Crippen LogP contribution >= 0.6 is 0 Å². The van der Waals surface area contributed by atoms with E-state index in [2.05, 4.69) is 10.1 Å². The number of nitrogens with zero attached hydrogens (tertiary/aromatic N) is 3. The number of aromatic nitrogens is 1. The summed E-state index contributed by atoms with van der Waals surface area (Å²) in [5.41, 5.74) is 0.872. The fraction of sp³-hybridized carbons (Fsp3) is 0.643. The molecular formula is C14H21N3O4. The predicted molar refractivity (Wildman–Crippen MR) is 74.6 cm³/mol. The molecule has 0 aromatic carbocycles. The Morgan fingerprint density at radius 1 is 1.29 bits per heavy atom. The highest BCUT2D eigenvalue weighted by Gasteiger charge is 2.21. The van der Waals surface area contributed by atoms with Crippen molar-refractivity contribution in [1.29, 1.82) is 0 Å². The summed E-state index contributed by atoms with van der Waals surface area (Å²) in [4.78, 5) is 26.4. The van der Waals surface area contributed by atoms with Gasteiger partial charge in [0.1, 0.15) is 0 Å². The van der Waals surface area contributed by atoms with E-state index in [0.29, 0.717) is 32.5 Å². The van der Waals surface area contributed by atoms with Gasteiger partial charge < -0.3 is 14.5 Å².